The Morgan fingerprint density at radius 3 is 2.62 bits per heavy atom. The molecule has 0 amide bonds. The maximum Gasteiger partial charge on any atom is 0.0608 e. The van der Waals surface area contributed by atoms with Crippen LogP contribution in [0.25, 0.3) is 0 Å². The van der Waals surface area contributed by atoms with Gasteiger partial charge in [-0.25, -0.2) is 0 Å². The molecule has 0 spiro atoms. The first-order valence-electron chi connectivity index (χ1n) is 6.32. The van der Waals surface area contributed by atoms with Crippen LogP contribution in [-0.4, -0.2) is 11.2 Å². The van der Waals surface area contributed by atoms with E-state index in [0.29, 0.717) is 5.92 Å². The van der Waals surface area contributed by atoms with Crippen molar-refractivity contribution < 1.29 is 5.11 Å². The molecule has 1 aliphatic carbocycles. The lowest BCUT2D eigenvalue weighted by molar-refractivity contribution is 0.105. The minimum Gasteiger partial charge on any atom is -0.392 e. The van der Waals surface area contributed by atoms with Crippen molar-refractivity contribution in [2.45, 2.75) is 46.1 Å². The fraction of sp³-hybridized carbons (Fsp3) is 0.600. The smallest absolute Gasteiger partial charge is 0.0608 e. The summed E-state index contributed by atoms with van der Waals surface area (Å²) in [5.41, 5.74) is 3.89. The topological polar surface area (TPSA) is 20.2 Å². The summed E-state index contributed by atoms with van der Waals surface area (Å²) in [7, 11) is 0. The van der Waals surface area contributed by atoms with E-state index in [-0.39, 0.29) is 6.10 Å². The van der Waals surface area contributed by atoms with Gasteiger partial charge in [0.1, 0.15) is 0 Å². The molecule has 1 aromatic rings. The highest BCUT2D eigenvalue weighted by molar-refractivity contribution is 5.31. The molecule has 2 rings (SSSR count). The van der Waals surface area contributed by atoms with Crippen molar-refractivity contribution >= 4 is 0 Å². The molecule has 1 fully saturated rings. The van der Waals surface area contributed by atoms with Gasteiger partial charge in [0, 0.05) is 0 Å². The lowest BCUT2D eigenvalue weighted by Crippen LogP contribution is -2.22. The Bertz CT molecular complexity index is 366. The third-order valence-corrected chi connectivity index (χ3v) is 3.91. The van der Waals surface area contributed by atoms with Crippen LogP contribution in [0.3, 0.4) is 0 Å². The van der Waals surface area contributed by atoms with Gasteiger partial charge < -0.3 is 5.11 Å². The Balaban J connectivity index is 2.04. The van der Waals surface area contributed by atoms with E-state index in [1.54, 1.807) is 0 Å². The van der Waals surface area contributed by atoms with Crippen LogP contribution in [0.1, 0.15) is 36.5 Å². The first-order chi connectivity index (χ1) is 7.58. The Hall–Kier alpha value is -0.820. The average Bonchev–Trinajstić information content (AvgIpc) is 3.06. The van der Waals surface area contributed by atoms with Crippen LogP contribution >= 0.6 is 0 Å². The molecular weight excluding hydrogens is 196 g/mol. The summed E-state index contributed by atoms with van der Waals surface area (Å²) in [6, 6.07) is 6.49. The van der Waals surface area contributed by atoms with Crippen molar-refractivity contribution in [3.8, 4) is 0 Å². The van der Waals surface area contributed by atoms with Gasteiger partial charge in [-0.3, -0.25) is 0 Å². The summed E-state index contributed by atoms with van der Waals surface area (Å²) in [6.45, 7) is 6.43. The van der Waals surface area contributed by atoms with Crippen molar-refractivity contribution in [3.05, 3.63) is 34.9 Å². The van der Waals surface area contributed by atoms with Gasteiger partial charge in [-0.2, -0.15) is 0 Å². The highest BCUT2D eigenvalue weighted by Gasteiger charge is 2.32. The van der Waals surface area contributed by atoms with E-state index in [4.69, 9.17) is 0 Å². The number of hydrogen-bond donors (Lipinski definition) is 1. The normalized spacial score (nSPS) is 19.5. The van der Waals surface area contributed by atoms with Gasteiger partial charge >= 0.3 is 0 Å². The molecule has 1 heteroatoms. The van der Waals surface area contributed by atoms with Crippen LogP contribution in [0, 0.1) is 25.7 Å². The molecular formula is C15H22O. The van der Waals surface area contributed by atoms with Gasteiger partial charge in [0.05, 0.1) is 6.10 Å². The molecule has 0 heterocycles. The molecule has 88 valence electrons. The van der Waals surface area contributed by atoms with Crippen LogP contribution in [0.4, 0.5) is 0 Å². The number of hydrogen-bond acceptors (Lipinski definition) is 1. The van der Waals surface area contributed by atoms with Gasteiger partial charge in [-0.05, 0) is 56.1 Å². The maximum absolute atomic E-state index is 10.2. The first-order valence-corrected chi connectivity index (χ1v) is 6.32. The monoisotopic (exact) mass is 218 g/mol. The Morgan fingerprint density at radius 2 is 2.00 bits per heavy atom. The molecule has 1 aromatic carbocycles. The predicted octanol–water partition coefficient (Wildman–Crippen LogP) is 3.25. The molecule has 1 nitrogen and oxygen atoms in total. The average molecular weight is 218 g/mol. The van der Waals surface area contributed by atoms with E-state index in [2.05, 4.69) is 39.0 Å². The summed E-state index contributed by atoms with van der Waals surface area (Å²) in [4.78, 5) is 0. The van der Waals surface area contributed by atoms with Crippen molar-refractivity contribution in [2.75, 3.05) is 0 Å². The third-order valence-electron chi connectivity index (χ3n) is 3.91. The van der Waals surface area contributed by atoms with E-state index in [9.17, 15) is 5.11 Å². The lowest BCUT2D eigenvalue weighted by atomic mass is 9.91. The molecule has 0 radical (unpaired) electrons. The van der Waals surface area contributed by atoms with E-state index < -0.39 is 0 Å². The zero-order valence-electron chi connectivity index (χ0n) is 10.5. The lowest BCUT2D eigenvalue weighted by Gasteiger charge is -2.19. The standard InChI is InChI=1S/C15H22O/c1-10-4-5-11(2)14(8-10)9-15(16)12(3)13-6-7-13/h4-5,8,12-13,15-16H,6-7,9H2,1-3H3. The number of aliphatic hydroxyl groups excluding tert-OH is 1. The summed E-state index contributed by atoms with van der Waals surface area (Å²) in [5, 5.41) is 10.2. The molecule has 0 saturated heterocycles. The molecule has 16 heavy (non-hydrogen) atoms. The van der Waals surface area contributed by atoms with Crippen LogP contribution < -0.4 is 0 Å². The minimum atomic E-state index is -0.173. The van der Waals surface area contributed by atoms with Crippen molar-refractivity contribution in [1.82, 2.24) is 0 Å². The maximum atomic E-state index is 10.2. The summed E-state index contributed by atoms with van der Waals surface area (Å²) < 4.78 is 0. The SMILES string of the molecule is Cc1ccc(C)c(CC(O)C(C)C2CC2)c1. The summed E-state index contributed by atoms with van der Waals surface area (Å²) in [5.74, 6) is 1.24. The van der Waals surface area contributed by atoms with Crippen LogP contribution in [-0.2, 0) is 6.42 Å². The second kappa shape index (κ2) is 4.58. The van der Waals surface area contributed by atoms with Crippen molar-refractivity contribution in [2.24, 2.45) is 11.8 Å². The summed E-state index contributed by atoms with van der Waals surface area (Å²) >= 11 is 0. The van der Waals surface area contributed by atoms with Crippen LogP contribution in [0.5, 0.6) is 0 Å². The highest BCUT2D eigenvalue weighted by atomic mass is 16.3. The fourth-order valence-corrected chi connectivity index (χ4v) is 2.37. The zero-order valence-corrected chi connectivity index (χ0v) is 10.5. The zero-order chi connectivity index (χ0) is 11.7. The van der Waals surface area contributed by atoms with Crippen molar-refractivity contribution in [1.29, 1.82) is 0 Å². The van der Waals surface area contributed by atoms with Gasteiger partial charge in [-0.15, -0.1) is 0 Å². The highest BCUT2D eigenvalue weighted by Crippen LogP contribution is 2.38. The molecule has 1 aliphatic rings. The third kappa shape index (κ3) is 2.65. The van der Waals surface area contributed by atoms with Crippen LogP contribution in [0.15, 0.2) is 18.2 Å². The quantitative estimate of drug-likeness (QED) is 0.822. The molecule has 0 aromatic heterocycles. The molecule has 2 unspecified atom stereocenters. The van der Waals surface area contributed by atoms with Gasteiger partial charge in [0.25, 0.3) is 0 Å². The summed E-state index contributed by atoms with van der Waals surface area (Å²) in [6.07, 6.45) is 3.26. The number of rotatable bonds is 4. The molecule has 1 N–H and O–H groups in total. The van der Waals surface area contributed by atoms with E-state index in [1.807, 2.05) is 0 Å². The Kier molecular flexibility index (Phi) is 3.34. The second-order valence-corrected chi connectivity index (χ2v) is 5.40. The largest absolute Gasteiger partial charge is 0.392 e. The second-order valence-electron chi connectivity index (χ2n) is 5.40. The predicted molar refractivity (Wildman–Crippen MR) is 67.5 cm³/mol. The Labute approximate surface area is 98.5 Å². The fourth-order valence-electron chi connectivity index (χ4n) is 2.37. The minimum absolute atomic E-state index is 0.173. The van der Waals surface area contributed by atoms with E-state index in [1.165, 1.54) is 29.5 Å². The molecule has 2 atom stereocenters. The van der Waals surface area contributed by atoms with Crippen LogP contribution in [0.2, 0.25) is 0 Å². The first kappa shape index (κ1) is 11.7. The molecule has 0 bridgehead atoms. The number of benzene rings is 1. The molecule has 0 aliphatic heterocycles. The Morgan fingerprint density at radius 1 is 1.31 bits per heavy atom. The van der Waals surface area contributed by atoms with Gasteiger partial charge in [-0.1, -0.05) is 30.7 Å². The van der Waals surface area contributed by atoms with E-state index in [0.717, 1.165) is 12.3 Å². The van der Waals surface area contributed by atoms with Crippen molar-refractivity contribution in [3.63, 3.8) is 0 Å². The van der Waals surface area contributed by atoms with Gasteiger partial charge in [0.2, 0.25) is 0 Å². The number of aryl methyl sites for hydroxylation is 2. The van der Waals surface area contributed by atoms with Gasteiger partial charge in [0.15, 0.2) is 0 Å². The van der Waals surface area contributed by atoms with E-state index >= 15 is 0 Å². The molecule has 1 saturated carbocycles. The number of aliphatic hydroxyl groups is 1.